The minimum absolute atomic E-state index is 0.0216. The summed E-state index contributed by atoms with van der Waals surface area (Å²) in [7, 11) is 0. The lowest BCUT2D eigenvalue weighted by atomic mass is 9.62. The summed E-state index contributed by atoms with van der Waals surface area (Å²) < 4.78 is 2.16. The van der Waals surface area contributed by atoms with E-state index in [1.807, 2.05) is 30.7 Å². The summed E-state index contributed by atoms with van der Waals surface area (Å²) in [6, 6.07) is 12.3. The van der Waals surface area contributed by atoms with Gasteiger partial charge in [-0.05, 0) is 55.7 Å². The van der Waals surface area contributed by atoms with Crippen LogP contribution in [0.1, 0.15) is 68.5 Å². The molecule has 1 aliphatic heterocycles. The van der Waals surface area contributed by atoms with Crippen molar-refractivity contribution in [1.29, 1.82) is 0 Å². The number of carbonyl (C=O) groups excluding carboxylic acids is 2. The number of hydrogen-bond donors (Lipinski definition) is 1. The first kappa shape index (κ1) is 21.3. The van der Waals surface area contributed by atoms with Crippen LogP contribution in [0, 0.1) is 10.8 Å². The van der Waals surface area contributed by atoms with E-state index in [2.05, 4.69) is 38.1 Å². The van der Waals surface area contributed by atoms with Crippen LogP contribution in [0.15, 0.2) is 61.3 Å². The quantitative estimate of drug-likeness (QED) is 0.577. The van der Waals surface area contributed by atoms with E-state index in [9.17, 15) is 9.59 Å². The third-order valence-corrected chi connectivity index (χ3v) is 8.70. The van der Waals surface area contributed by atoms with Gasteiger partial charge in [0, 0.05) is 41.8 Å². The van der Waals surface area contributed by atoms with Gasteiger partial charge in [-0.25, -0.2) is 4.98 Å². The van der Waals surface area contributed by atoms with Crippen molar-refractivity contribution in [2.75, 3.05) is 0 Å². The highest BCUT2D eigenvalue weighted by molar-refractivity contribution is 5.88. The standard InChI is InChI=1S/C28H30N4O2/c33-25(15-23-21-6-1-2-7-22(21)24-18-30-19-32(23)24)27-8-4-9-28(12-10-27,13-11-27)26(34)31-17-20-5-3-14-29-16-20/h1-3,5-7,14,16,18-19,23H,4,8-13,15,17H2,(H,31,34). The number of amides is 1. The molecular formula is C28H30N4O2. The Morgan fingerprint density at radius 3 is 2.56 bits per heavy atom. The van der Waals surface area contributed by atoms with Crippen molar-refractivity contribution in [3.05, 3.63) is 72.4 Å². The first-order valence-corrected chi connectivity index (χ1v) is 12.4. The van der Waals surface area contributed by atoms with Crippen LogP contribution in [-0.2, 0) is 16.1 Å². The number of ketones is 1. The molecule has 0 saturated heterocycles. The Labute approximate surface area is 199 Å². The van der Waals surface area contributed by atoms with Gasteiger partial charge >= 0.3 is 0 Å². The molecule has 174 valence electrons. The monoisotopic (exact) mass is 454 g/mol. The van der Waals surface area contributed by atoms with Gasteiger partial charge < -0.3 is 9.88 Å². The fraction of sp³-hybridized carbons (Fsp3) is 0.429. The molecule has 4 aliphatic rings. The van der Waals surface area contributed by atoms with Crippen LogP contribution in [0.2, 0.25) is 0 Å². The zero-order chi connectivity index (χ0) is 23.2. The number of pyridine rings is 1. The fourth-order valence-electron chi connectivity index (χ4n) is 6.64. The van der Waals surface area contributed by atoms with Crippen LogP contribution in [0.5, 0.6) is 0 Å². The van der Waals surface area contributed by atoms with Gasteiger partial charge in [-0.2, -0.15) is 0 Å². The second kappa shape index (κ2) is 8.19. The molecule has 2 aromatic heterocycles. The number of rotatable bonds is 6. The molecule has 3 aliphatic carbocycles. The first-order chi connectivity index (χ1) is 16.6. The molecule has 3 saturated carbocycles. The summed E-state index contributed by atoms with van der Waals surface area (Å²) in [5.74, 6) is 0.507. The highest BCUT2D eigenvalue weighted by Gasteiger charge is 2.52. The summed E-state index contributed by atoms with van der Waals surface area (Å²) in [6.45, 7) is 0.507. The molecule has 1 N–H and O–H groups in total. The third-order valence-electron chi connectivity index (χ3n) is 8.70. The van der Waals surface area contributed by atoms with Crippen molar-refractivity contribution in [3.63, 3.8) is 0 Å². The number of benzene rings is 1. The van der Waals surface area contributed by atoms with Gasteiger partial charge in [0.2, 0.25) is 5.91 Å². The lowest BCUT2D eigenvalue weighted by Crippen LogP contribution is -2.45. The maximum Gasteiger partial charge on any atom is 0.226 e. The van der Waals surface area contributed by atoms with Crippen LogP contribution in [-0.4, -0.2) is 26.2 Å². The van der Waals surface area contributed by atoms with E-state index < -0.39 is 0 Å². The SMILES string of the molecule is O=C(CC1c2ccccc2-c2cncn21)C12CCCC(C(=O)NCc3cccnc3)(CC1)CC2. The van der Waals surface area contributed by atoms with Gasteiger partial charge in [0.05, 0.1) is 24.3 Å². The topological polar surface area (TPSA) is 76.9 Å². The molecule has 7 rings (SSSR count). The minimum Gasteiger partial charge on any atom is -0.351 e. The van der Waals surface area contributed by atoms with E-state index in [4.69, 9.17) is 0 Å². The minimum atomic E-state index is -0.333. The Balaban J connectivity index is 1.16. The van der Waals surface area contributed by atoms with Gasteiger partial charge in [-0.3, -0.25) is 14.6 Å². The van der Waals surface area contributed by atoms with Crippen molar-refractivity contribution in [2.24, 2.45) is 10.8 Å². The molecule has 0 radical (unpaired) electrons. The molecule has 1 unspecified atom stereocenters. The molecule has 1 aromatic carbocycles. The Morgan fingerprint density at radius 2 is 1.74 bits per heavy atom. The van der Waals surface area contributed by atoms with Gasteiger partial charge in [0.1, 0.15) is 5.78 Å². The van der Waals surface area contributed by atoms with Crippen molar-refractivity contribution in [2.45, 2.75) is 64.0 Å². The number of nitrogens with zero attached hydrogens (tertiary/aromatic N) is 3. The molecule has 6 nitrogen and oxygen atoms in total. The Bertz CT molecular complexity index is 1220. The molecule has 3 heterocycles. The predicted octanol–water partition coefficient (Wildman–Crippen LogP) is 4.85. The smallest absolute Gasteiger partial charge is 0.226 e. The molecule has 34 heavy (non-hydrogen) atoms. The summed E-state index contributed by atoms with van der Waals surface area (Å²) in [5.41, 5.74) is 3.89. The van der Waals surface area contributed by atoms with Crippen molar-refractivity contribution >= 4 is 11.7 Å². The highest BCUT2D eigenvalue weighted by Crippen LogP contribution is 2.56. The van der Waals surface area contributed by atoms with Gasteiger partial charge in [-0.15, -0.1) is 0 Å². The van der Waals surface area contributed by atoms with E-state index in [0.717, 1.165) is 56.2 Å². The lowest BCUT2D eigenvalue weighted by molar-refractivity contribution is -0.139. The summed E-state index contributed by atoms with van der Waals surface area (Å²) in [5, 5.41) is 3.16. The lowest BCUT2D eigenvalue weighted by Gasteiger charge is -2.41. The largest absolute Gasteiger partial charge is 0.351 e. The van der Waals surface area contributed by atoms with Crippen molar-refractivity contribution in [3.8, 4) is 11.3 Å². The number of nitrogens with one attached hydrogen (secondary N) is 1. The second-order valence-corrected chi connectivity index (χ2v) is 10.4. The zero-order valence-electron chi connectivity index (χ0n) is 19.4. The summed E-state index contributed by atoms with van der Waals surface area (Å²) >= 11 is 0. The number of hydrogen-bond acceptors (Lipinski definition) is 4. The van der Waals surface area contributed by atoms with Crippen LogP contribution in [0.25, 0.3) is 11.3 Å². The molecule has 1 atom stereocenters. The average molecular weight is 455 g/mol. The maximum absolute atomic E-state index is 13.9. The molecule has 0 spiro atoms. The van der Waals surface area contributed by atoms with E-state index in [1.54, 1.807) is 12.4 Å². The first-order valence-electron chi connectivity index (χ1n) is 12.4. The molecule has 1 amide bonds. The maximum atomic E-state index is 13.9. The molecule has 2 bridgehead atoms. The number of fused-ring (bicyclic) bond motifs is 7. The van der Waals surface area contributed by atoms with Crippen LogP contribution < -0.4 is 5.32 Å². The van der Waals surface area contributed by atoms with Crippen LogP contribution in [0.4, 0.5) is 0 Å². The van der Waals surface area contributed by atoms with E-state index in [0.29, 0.717) is 18.7 Å². The summed E-state index contributed by atoms with van der Waals surface area (Å²) in [4.78, 5) is 35.6. The zero-order valence-corrected chi connectivity index (χ0v) is 19.4. The van der Waals surface area contributed by atoms with Crippen LogP contribution in [0.3, 0.4) is 0 Å². The van der Waals surface area contributed by atoms with Crippen molar-refractivity contribution < 1.29 is 9.59 Å². The van der Waals surface area contributed by atoms with Gasteiger partial charge in [0.15, 0.2) is 0 Å². The number of Topliss-reactive ketones (excluding diaryl/α,β-unsaturated/α-hetero) is 1. The third kappa shape index (κ3) is 3.39. The molecule has 3 aromatic rings. The number of aromatic nitrogens is 3. The Hall–Kier alpha value is -3.28. The molecule has 6 heteroatoms. The average Bonchev–Trinajstić information content (AvgIpc) is 3.33. The van der Waals surface area contributed by atoms with E-state index in [1.165, 1.54) is 11.1 Å². The van der Waals surface area contributed by atoms with Gasteiger partial charge in [-0.1, -0.05) is 36.8 Å². The summed E-state index contributed by atoms with van der Waals surface area (Å²) in [6.07, 6.45) is 13.7. The van der Waals surface area contributed by atoms with E-state index in [-0.39, 0.29) is 22.8 Å². The number of imidazole rings is 1. The Kier molecular flexibility index (Phi) is 5.12. The second-order valence-electron chi connectivity index (χ2n) is 10.4. The molecule has 3 fully saturated rings. The fourth-order valence-corrected chi connectivity index (χ4v) is 6.64. The van der Waals surface area contributed by atoms with Crippen molar-refractivity contribution in [1.82, 2.24) is 19.9 Å². The van der Waals surface area contributed by atoms with Gasteiger partial charge in [0.25, 0.3) is 0 Å². The van der Waals surface area contributed by atoms with E-state index >= 15 is 0 Å². The highest BCUT2D eigenvalue weighted by atomic mass is 16.2. The molecular weight excluding hydrogens is 424 g/mol. The normalized spacial score (nSPS) is 27.0. The Morgan fingerprint density at radius 1 is 0.941 bits per heavy atom. The van der Waals surface area contributed by atoms with Crippen LogP contribution >= 0.6 is 0 Å². The predicted molar refractivity (Wildman–Crippen MR) is 129 cm³/mol. The number of carbonyl (C=O) groups is 2.